The third kappa shape index (κ3) is 5.44. The number of hydrogen-bond acceptors (Lipinski definition) is 5. The van der Waals surface area contributed by atoms with Crippen molar-refractivity contribution in [3.8, 4) is 23.1 Å². The molecule has 164 valence electrons. The van der Waals surface area contributed by atoms with Gasteiger partial charge in [-0.05, 0) is 74.4 Å². The van der Waals surface area contributed by atoms with Gasteiger partial charge in [-0.15, -0.1) is 5.10 Å². The predicted octanol–water partition coefficient (Wildman–Crippen LogP) is 4.04. The Morgan fingerprint density at radius 2 is 1.81 bits per heavy atom. The van der Waals surface area contributed by atoms with Crippen molar-refractivity contribution < 1.29 is 9.47 Å². The second-order valence-electron chi connectivity index (χ2n) is 8.23. The van der Waals surface area contributed by atoms with Crippen molar-refractivity contribution in [3.05, 3.63) is 59.7 Å². The molecule has 2 aromatic carbocycles. The summed E-state index contributed by atoms with van der Waals surface area (Å²) in [6, 6.07) is 17.1. The summed E-state index contributed by atoms with van der Waals surface area (Å²) in [7, 11) is 3.67. The molecule has 0 amide bonds. The molecule has 4 rings (SSSR count). The Hall–Kier alpha value is -2.86. The average Bonchev–Trinajstić information content (AvgIpc) is 3.38. The number of rotatable bonds is 11. The summed E-state index contributed by atoms with van der Waals surface area (Å²) in [4.78, 5) is 0. The van der Waals surface area contributed by atoms with Crippen LogP contribution in [0.3, 0.4) is 0 Å². The van der Waals surface area contributed by atoms with Gasteiger partial charge in [0.15, 0.2) is 5.82 Å². The lowest BCUT2D eigenvalue weighted by atomic mass is 10.0. The minimum absolute atomic E-state index is 0.566. The molecule has 1 atom stereocenters. The third-order valence-electron chi connectivity index (χ3n) is 5.99. The first-order valence-corrected chi connectivity index (χ1v) is 11.2. The third-order valence-corrected chi connectivity index (χ3v) is 5.99. The van der Waals surface area contributed by atoms with Crippen LogP contribution in [0.1, 0.15) is 30.4 Å². The Morgan fingerprint density at radius 1 is 1.00 bits per heavy atom. The van der Waals surface area contributed by atoms with Crippen molar-refractivity contribution in [1.29, 1.82) is 0 Å². The van der Waals surface area contributed by atoms with Crippen LogP contribution in [0.2, 0.25) is 0 Å². The van der Waals surface area contributed by atoms with Crippen LogP contribution in [0, 0.1) is 5.92 Å². The lowest BCUT2D eigenvalue weighted by Crippen LogP contribution is -2.19. The molecule has 0 saturated carbocycles. The lowest BCUT2D eigenvalue weighted by molar-refractivity contribution is 0.275. The summed E-state index contributed by atoms with van der Waals surface area (Å²) >= 11 is 0. The summed E-state index contributed by atoms with van der Waals surface area (Å²) in [5.41, 5.74) is 4.00. The standard InChI is InChI=1S/C25H32N4O2/c1-29-24(20-9-4-3-5-10-20)27-28-25(29)31-15-7-14-26-13-6-8-19-16-21-11-12-23(30-2)18-22(21)17-19/h3-5,9-12,18-19,26H,6-8,13-17H2,1-2H3. The number of aromatic nitrogens is 3. The van der Waals surface area contributed by atoms with Crippen molar-refractivity contribution in [2.24, 2.45) is 13.0 Å². The van der Waals surface area contributed by atoms with E-state index in [0.29, 0.717) is 12.6 Å². The first-order chi connectivity index (χ1) is 15.2. The normalized spacial score (nSPS) is 15.1. The number of ether oxygens (including phenoxy) is 2. The molecule has 0 aliphatic heterocycles. The van der Waals surface area contributed by atoms with Crippen LogP contribution < -0.4 is 14.8 Å². The molecule has 6 nitrogen and oxygen atoms in total. The molecule has 1 aliphatic carbocycles. The summed E-state index contributed by atoms with van der Waals surface area (Å²) < 4.78 is 13.1. The SMILES string of the molecule is COc1ccc2c(c1)CC(CCCNCCCOc1nnc(-c3ccccc3)n1C)C2. The van der Waals surface area contributed by atoms with E-state index in [4.69, 9.17) is 9.47 Å². The second kappa shape index (κ2) is 10.4. The van der Waals surface area contributed by atoms with E-state index in [1.807, 2.05) is 41.9 Å². The van der Waals surface area contributed by atoms with Crippen molar-refractivity contribution in [2.75, 3.05) is 26.8 Å². The molecular formula is C25H32N4O2. The zero-order valence-corrected chi connectivity index (χ0v) is 18.5. The summed E-state index contributed by atoms with van der Waals surface area (Å²) in [6.45, 7) is 2.64. The Morgan fingerprint density at radius 3 is 2.65 bits per heavy atom. The average molecular weight is 421 g/mol. The second-order valence-corrected chi connectivity index (χ2v) is 8.23. The van der Waals surface area contributed by atoms with Gasteiger partial charge in [0.2, 0.25) is 0 Å². The van der Waals surface area contributed by atoms with E-state index < -0.39 is 0 Å². The van der Waals surface area contributed by atoms with E-state index in [1.54, 1.807) is 7.11 Å². The van der Waals surface area contributed by atoms with Gasteiger partial charge < -0.3 is 14.8 Å². The van der Waals surface area contributed by atoms with Crippen LogP contribution in [0.25, 0.3) is 11.4 Å². The maximum absolute atomic E-state index is 5.82. The van der Waals surface area contributed by atoms with Gasteiger partial charge >= 0.3 is 6.01 Å². The van der Waals surface area contributed by atoms with E-state index in [-0.39, 0.29) is 0 Å². The number of fused-ring (bicyclic) bond motifs is 1. The molecule has 1 aliphatic rings. The minimum atomic E-state index is 0.566. The number of hydrogen-bond donors (Lipinski definition) is 1. The summed E-state index contributed by atoms with van der Waals surface area (Å²) in [6.07, 6.45) is 5.81. The van der Waals surface area contributed by atoms with E-state index in [2.05, 4.69) is 33.7 Å². The van der Waals surface area contributed by atoms with Crippen LogP contribution in [0.5, 0.6) is 11.8 Å². The van der Waals surface area contributed by atoms with Gasteiger partial charge in [0.1, 0.15) is 5.75 Å². The maximum atomic E-state index is 5.82. The van der Waals surface area contributed by atoms with Crippen molar-refractivity contribution in [1.82, 2.24) is 20.1 Å². The van der Waals surface area contributed by atoms with Crippen LogP contribution in [-0.4, -0.2) is 41.6 Å². The highest BCUT2D eigenvalue weighted by atomic mass is 16.5. The monoisotopic (exact) mass is 420 g/mol. The molecule has 3 aromatic rings. The fourth-order valence-corrected chi connectivity index (χ4v) is 4.30. The van der Waals surface area contributed by atoms with Crippen LogP contribution in [0.4, 0.5) is 0 Å². The lowest BCUT2D eigenvalue weighted by Gasteiger charge is -2.10. The summed E-state index contributed by atoms with van der Waals surface area (Å²) in [5, 5.41) is 12.0. The van der Waals surface area contributed by atoms with Gasteiger partial charge in [-0.3, -0.25) is 4.57 Å². The van der Waals surface area contributed by atoms with Gasteiger partial charge in [0.05, 0.1) is 13.7 Å². The fourth-order valence-electron chi connectivity index (χ4n) is 4.30. The van der Waals surface area contributed by atoms with Crippen molar-refractivity contribution in [3.63, 3.8) is 0 Å². The number of methoxy groups -OCH3 is 1. The zero-order valence-electron chi connectivity index (χ0n) is 18.5. The van der Waals surface area contributed by atoms with Crippen LogP contribution in [-0.2, 0) is 19.9 Å². The Kier molecular flexibility index (Phi) is 7.20. The van der Waals surface area contributed by atoms with Gasteiger partial charge in [0.25, 0.3) is 0 Å². The van der Waals surface area contributed by atoms with Crippen LogP contribution in [0.15, 0.2) is 48.5 Å². The molecule has 0 radical (unpaired) electrons. The zero-order chi connectivity index (χ0) is 21.5. The molecular weight excluding hydrogens is 388 g/mol. The van der Waals surface area contributed by atoms with Crippen molar-refractivity contribution >= 4 is 0 Å². The molecule has 0 bridgehead atoms. The van der Waals surface area contributed by atoms with Gasteiger partial charge in [-0.1, -0.05) is 41.5 Å². The van der Waals surface area contributed by atoms with Crippen LogP contribution >= 0.6 is 0 Å². The minimum Gasteiger partial charge on any atom is -0.497 e. The first-order valence-electron chi connectivity index (χ1n) is 11.2. The van der Waals surface area contributed by atoms with E-state index in [0.717, 1.165) is 42.6 Å². The molecule has 1 heterocycles. The molecule has 1 aromatic heterocycles. The summed E-state index contributed by atoms with van der Waals surface area (Å²) in [5.74, 6) is 2.56. The molecule has 0 saturated heterocycles. The van der Waals surface area contributed by atoms with E-state index in [9.17, 15) is 0 Å². The smallest absolute Gasteiger partial charge is 0.316 e. The fraction of sp³-hybridized carbons (Fsp3) is 0.440. The highest BCUT2D eigenvalue weighted by Gasteiger charge is 2.21. The first kappa shape index (κ1) is 21.4. The van der Waals surface area contributed by atoms with Gasteiger partial charge in [-0.25, -0.2) is 0 Å². The largest absolute Gasteiger partial charge is 0.497 e. The number of nitrogens with zero attached hydrogens (tertiary/aromatic N) is 3. The molecule has 0 fully saturated rings. The Balaban J connectivity index is 1.09. The van der Waals surface area contributed by atoms with E-state index in [1.165, 1.54) is 36.8 Å². The molecule has 0 spiro atoms. The van der Waals surface area contributed by atoms with Gasteiger partial charge in [0, 0.05) is 12.6 Å². The molecule has 1 unspecified atom stereocenters. The number of nitrogens with one attached hydrogen (secondary N) is 1. The highest BCUT2D eigenvalue weighted by Crippen LogP contribution is 2.32. The van der Waals surface area contributed by atoms with E-state index >= 15 is 0 Å². The Bertz CT molecular complexity index is 971. The highest BCUT2D eigenvalue weighted by molar-refractivity contribution is 5.55. The predicted molar refractivity (Wildman–Crippen MR) is 123 cm³/mol. The molecule has 1 N–H and O–H groups in total. The molecule has 31 heavy (non-hydrogen) atoms. The topological polar surface area (TPSA) is 61.2 Å². The van der Waals surface area contributed by atoms with Gasteiger partial charge in [-0.2, -0.15) is 0 Å². The Labute approximate surface area is 184 Å². The van der Waals surface area contributed by atoms with Crippen molar-refractivity contribution in [2.45, 2.75) is 32.1 Å². The number of benzene rings is 2. The molecule has 6 heteroatoms. The maximum Gasteiger partial charge on any atom is 0.316 e. The quantitative estimate of drug-likeness (QED) is 0.474.